The van der Waals surface area contributed by atoms with Crippen molar-refractivity contribution in [1.29, 1.82) is 0 Å². The van der Waals surface area contributed by atoms with Gasteiger partial charge in [-0.25, -0.2) is 4.98 Å². The smallest absolute Gasteiger partial charge is 0.244 e. The average Bonchev–Trinajstić information content (AvgIpc) is 3.31. The molecule has 2 aromatic heterocycles. The number of aromatic nitrogens is 4. The molecule has 0 bridgehead atoms. The van der Waals surface area contributed by atoms with E-state index in [9.17, 15) is 4.79 Å². The zero-order valence-electron chi connectivity index (χ0n) is 16.0. The van der Waals surface area contributed by atoms with E-state index in [1.807, 2.05) is 35.6 Å². The molecule has 0 atom stereocenters. The first kappa shape index (κ1) is 18.4. The second-order valence-electron chi connectivity index (χ2n) is 7.17. The molecule has 1 saturated heterocycles. The number of carbonyl (C=O) groups is 1. The van der Waals surface area contributed by atoms with E-state index in [0.29, 0.717) is 6.54 Å². The third-order valence-electron chi connectivity index (χ3n) is 5.16. The molecule has 3 aromatic rings. The Morgan fingerprint density at radius 1 is 0.929 bits per heavy atom. The zero-order chi connectivity index (χ0) is 19.2. The van der Waals surface area contributed by atoms with Crippen LogP contribution in [0.1, 0.15) is 17.8 Å². The fourth-order valence-electron chi connectivity index (χ4n) is 3.63. The molecule has 28 heavy (non-hydrogen) atoms. The molecule has 1 fully saturated rings. The molecule has 146 valence electrons. The van der Waals surface area contributed by atoms with Gasteiger partial charge in [0.05, 0.1) is 6.54 Å². The van der Waals surface area contributed by atoms with Gasteiger partial charge in [-0.15, -0.1) is 0 Å². The molecule has 0 radical (unpaired) electrons. The van der Waals surface area contributed by atoms with E-state index >= 15 is 0 Å². The number of hydrogen-bond acceptors (Lipinski definition) is 4. The van der Waals surface area contributed by atoms with Crippen molar-refractivity contribution >= 4 is 5.91 Å². The topological polar surface area (TPSA) is 59.2 Å². The van der Waals surface area contributed by atoms with Gasteiger partial charge in [0.15, 0.2) is 0 Å². The molecule has 4 rings (SSSR count). The van der Waals surface area contributed by atoms with Crippen LogP contribution in [0, 0.1) is 0 Å². The van der Waals surface area contributed by atoms with Crippen molar-refractivity contribution in [2.24, 2.45) is 0 Å². The van der Waals surface area contributed by atoms with E-state index in [4.69, 9.17) is 0 Å². The van der Waals surface area contributed by atoms with Gasteiger partial charge in [-0.1, -0.05) is 30.3 Å². The first-order valence-electron chi connectivity index (χ1n) is 9.79. The van der Waals surface area contributed by atoms with E-state index < -0.39 is 0 Å². The summed E-state index contributed by atoms with van der Waals surface area (Å²) in [5.74, 6) is 1.20. The zero-order valence-corrected chi connectivity index (χ0v) is 16.0. The Morgan fingerprint density at radius 2 is 1.82 bits per heavy atom. The largest absolute Gasteiger partial charge is 0.340 e. The van der Waals surface area contributed by atoms with Crippen LogP contribution in [0.3, 0.4) is 0 Å². The van der Waals surface area contributed by atoms with Gasteiger partial charge in [0.25, 0.3) is 0 Å². The van der Waals surface area contributed by atoms with Gasteiger partial charge in [-0.3, -0.25) is 14.4 Å². The van der Waals surface area contributed by atoms with Gasteiger partial charge in [0.1, 0.15) is 12.4 Å². The van der Waals surface area contributed by atoms with Gasteiger partial charge in [-0.2, -0.15) is 5.10 Å². The molecule has 0 unspecified atom stereocenters. The molecule has 1 aliphatic rings. The Kier molecular flexibility index (Phi) is 5.82. The molecule has 0 saturated carbocycles. The molecule has 0 spiro atoms. The van der Waals surface area contributed by atoms with Crippen LogP contribution in [0.2, 0.25) is 0 Å². The number of carbonyl (C=O) groups excluding carboxylic acids is 1. The standard InChI is InChI=1S/C21H26N6O/c28-21(18-27-12-4-8-23-27)25-11-5-10-24(14-15-25)17-20-22-9-13-26(20)16-19-6-2-1-3-7-19/h1-4,6-9,12-13H,5,10-11,14-18H2. The fourth-order valence-corrected chi connectivity index (χ4v) is 3.63. The molecule has 0 N–H and O–H groups in total. The van der Waals surface area contributed by atoms with Gasteiger partial charge >= 0.3 is 0 Å². The van der Waals surface area contributed by atoms with Gasteiger partial charge < -0.3 is 9.47 Å². The summed E-state index contributed by atoms with van der Waals surface area (Å²) in [6, 6.07) is 12.3. The first-order valence-corrected chi connectivity index (χ1v) is 9.79. The lowest BCUT2D eigenvalue weighted by molar-refractivity contribution is -0.131. The van der Waals surface area contributed by atoms with Crippen LogP contribution in [-0.4, -0.2) is 61.2 Å². The third kappa shape index (κ3) is 4.67. The Labute approximate surface area is 165 Å². The predicted molar refractivity (Wildman–Crippen MR) is 106 cm³/mol. The van der Waals surface area contributed by atoms with Crippen LogP contribution in [0.5, 0.6) is 0 Å². The maximum absolute atomic E-state index is 12.5. The summed E-state index contributed by atoms with van der Waals surface area (Å²) in [7, 11) is 0. The lowest BCUT2D eigenvalue weighted by Gasteiger charge is -2.22. The lowest BCUT2D eigenvalue weighted by Crippen LogP contribution is -2.37. The number of imidazole rings is 1. The highest BCUT2D eigenvalue weighted by molar-refractivity contribution is 5.75. The normalized spacial score (nSPS) is 15.5. The van der Waals surface area contributed by atoms with Gasteiger partial charge in [-0.05, 0) is 18.1 Å². The van der Waals surface area contributed by atoms with Gasteiger partial charge in [0.2, 0.25) is 5.91 Å². The number of benzene rings is 1. The highest BCUT2D eigenvalue weighted by atomic mass is 16.2. The highest BCUT2D eigenvalue weighted by Gasteiger charge is 2.20. The molecule has 3 heterocycles. The second-order valence-corrected chi connectivity index (χ2v) is 7.17. The molecule has 1 aliphatic heterocycles. The Bertz CT molecular complexity index is 873. The van der Waals surface area contributed by atoms with Crippen molar-refractivity contribution in [2.75, 3.05) is 26.2 Å². The van der Waals surface area contributed by atoms with Crippen LogP contribution in [-0.2, 0) is 24.4 Å². The van der Waals surface area contributed by atoms with Crippen LogP contribution in [0.15, 0.2) is 61.2 Å². The minimum absolute atomic E-state index is 0.135. The molecule has 1 amide bonds. The maximum atomic E-state index is 12.5. The first-order chi connectivity index (χ1) is 13.8. The fraction of sp³-hybridized carbons (Fsp3) is 0.381. The van der Waals surface area contributed by atoms with Crippen molar-refractivity contribution in [3.8, 4) is 0 Å². The summed E-state index contributed by atoms with van der Waals surface area (Å²) < 4.78 is 3.90. The number of amides is 1. The predicted octanol–water partition coefficient (Wildman–Crippen LogP) is 1.86. The molecular formula is C21H26N6O. The minimum Gasteiger partial charge on any atom is -0.340 e. The second kappa shape index (κ2) is 8.84. The van der Waals surface area contributed by atoms with Gasteiger partial charge in [0, 0.05) is 57.5 Å². The summed E-state index contributed by atoms with van der Waals surface area (Å²) in [5, 5.41) is 4.13. The van der Waals surface area contributed by atoms with Crippen LogP contribution in [0.25, 0.3) is 0 Å². The maximum Gasteiger partial charge on any atom is 0.244 e. The number of rotatable bonds is 6. The quantitative estimate of drug-likeness (QED) is 0.657. The Hall–Kier alpha value is -2.93. The highest BCUT2D eigenvalue weighted by Crippen LogP contribution is 2.11. The van der Waals surface area contributed by atoms with Crippen molar-refractivity contribution in [3.05, 3.63) is 72.6 Å². The molecule has 7 heteroatoms. The molecule has 7 nitrogen and oxygen atoms in total. The van der Waals surface area contributed by atoms with E-state index in [1.165, 1.54) is 5.56 Å². The minimum atomic E-state index is 0.135. The summed E-state index contributed by atoms with van der Waals surface area (Å²) in [6.07, 6.45) is 8.42. The number of hydrogen-bond donors (Lipinski definition) is 0. The van der Waals surface area contributed by atoms with Crippen molar-refractivity contribution in [3.63, 3.8) is 0 Å². The third-order valence-corrected chi connectivity index (χ3v) is 5.16. The van der Waals surface area contributed by atoms with Crippen molar-refractivity contribution in [2.45, 2.75) is 26.1 Å². The molecule has 1 aromatic carbocycles. The van der Waals surface area contributed by atoms with Crippen LogP contribution in [0.4, 0.5) is 0 Å². The molecule has 0 aliphatic carbocycles. The van der Waals surface area contributed by atoms with Crippen LogP contribution >= 0.6 is 0 Å². The van der Waals surface area contributed by atoms with E-state index in [1.54, 1.807) is 10.9 Å². The molecular weight excluding hydrogens is 352 g/mol. The summed E-state index contributed by atoms with van der Waals surface area (Å²) in [6.45, 7) is 5.34. The summed E-state index contributed by atoms with van der Waals surface area (Å²) in [5.41, 5.74) is 1.27. The van der Waals surface area contributed by atoms with E-state index in [-0.39, 0.29) is 5.91 Å². The SMILES string of the molecule is O=C(Cn1cccn1)N1CCCN(Cc2nccn2Cc2ccccc2)CC1. The van der Waals surface area contributed by atoms with Crippen molar-refractivity contribution in [1.82, 2.24) is 29.1 Å². The number of nitrogens with zero attached hydrogens (tertiary/aromatic N) is 6. The lowest BCUT2D eigenvalue weighted by atomic mass is 10.2. The summed E-state index contributed by atoms with van der Waals surface area (Å²) in [4.78, 5) is 21.4. The van der Waals surface area contributed by atoms with E-state index in [0.717, 1.165) is 51.5 Å². The Balaban J connectivity index is 1.33. The van der Waals surface area contributed by atoms with Crippen molar-refractivity contribution < 1.29 is 4.79 Å². The van der Waals surface area contributed by atoms with Crippen LogP contribution < -0.4 is 0 Å². The average molecular weight is 378 g/mol. The van der Waals surface area contributed by atoms with E-state index in [2.05, 4.69) is 43.8 Å². The summed E-state index contributed by atoms with van der Waals surface area (Å²) >= 11 is 0. The monoisotopic (exact) mass is 378 g/mol. The Morgan fingerprint density at radius 3 is 2.64 bits per heavy atom.